The van der Waals surface area contributed by atoms with Gasteiger partial charge >= 0.3 is 5.97 Å². The number of likely N-dealkylation sites (N-methyl/N-ethyl adjacent to an activating group) is 2. The third-order valence-electron chi connectivity index (χ3n) is 14.9. The normalized spacial score (nSPS) is 28.5. The number of methoxy groups -OCH3 is 1. The molecular weight excluding hydrogens is 920 g/mol. The SMILES string of the molecule is CC[C@@H](OC(=O)[C@H](C)[C@@H](O[C@H]1C[C@@](C)(OC)[C@@H](O)[C@H](C)O1)[C@H](C)[C@@H](O[C@@H]1O[C@H](C)C[C@H](N(C)CCC(=O)N[C@H](CF)Cc2ccc(-c3ccc(C)nc3)cc2)[C@H]1O)C(C)(C)O)[C@@](C)(O)[C@H](O)[C@@H](C)N(C)C. The molecular formula is C53H87FN4O13. The highest BCUT2D eigenvalue weighted by Gasteiger charge is 2.51. The second-order valence-electron chi connectivity index (χ2n) is 21.5. The molecule has 18 heteroatoms. The number of nitrogens with zero attached hydrogens (tertiary/aromatic N) is 3. The summed E-state index contributed by atoms with van der Waals surface area (Å²) in [7, 11) is 6.79. The van der Waals surface area contributed by atoms with Crippen LogP contribution in [0.25, 0.3) is 11.1 Å². The van der Waals surface area contributed by atoms with Crippen LogP contribution in [0.15, 0.2) is 42.6 Å². The fourth-order valence-corrected chi connectivity index (χ4v) is 9.90. The predicted molar refractivity (Wildman–Crippen MR) is 267 cm³/mol. The van der Waals surface area contributed by atoms with Crippen molar-refractivity contribution in [1.82, 2.24) is 20.1 Å². The molecule has 1 aromatic carbocycles. The lowest BCUT2D eigenvalue weighted by atomic mass is 9.81. The zero-order valence-electron chi connectivity index (χ0n) is 44.9. The number of nitrogens with one attached hydrogen (secondary N) is 1. The van der Waals surface area contributed by atoms with Gasteiger partial charge in [-0.05, 0) is 120 Å². The molecule has 3 heterocycles. The number of benzene rings is 1. The molecule has 2 aliphatic rings. The van der Waals surface area contributed by atoms with Gasteiger partial charge in [-0.1, -0.05) is 44.2 Å². The Morgan fingerprint density at radius 3 is 2.18 bits per heavy atom. The van der Waals surface area contributed by atoms with E-state index in [2.05, 4.69) is 10.3 Å². The third-order valence-corrected chi connectivity index (χ3v) is 14.9. The molecule has 404 valence electrons. The molecule has 0 unspecified atom stereocenters. The Bertz CT molecular complexity index is 1960. The van der Waals surface area contributed by atoms with Crippen molar-refractivity contribution < 1.29 is 67.9 Å². The molecule has 2 saturated heterocycles. The van der Waals surface area contributed by atoms with Crippen molar-refractivity contribution in [3.8, 4) is 11.1 Å². The Balaban J connectivity index is 1.51. The van der Waals surface area contributed by atoms with E-state index in [1.807, 2.05) is 61.3 Å². The number of hydrogen-bond donors (Lipinski definition) is 6. The molecule has 6 N–H and O–H groups in total. The molecule has 0 bridgehead atoms. The number of aliphatic hydroxyl groups excluding tert-OH is 3. The van der Waals surface area contributed by atoms with Gasteiger partial charge in [0.05, 0.1) is 47.6 Å². The highest BCUT2D eigenvalue weighted by Crippen LogP contribution is 2.38. The first-order valence-electron chi connectivity index (χ1n) is 25.2. The van der Waals surface area contributed by atoms with E-state index in [9.17, 15) is 39.5 Å². The summed E-state index contributed by atoms with van der Waals surface area (Å²) >= 11 is 0. The first kappa shape index (κ1) is 60.3. The lowest BCUT2D eigenvalue weighted by Gasteiger charge is -2.48. The Labute approximate surface area is 421 Å². The topological polar surface area (TPSA) is 222 Å². The summed E-state index contributed by atoms with van der Waals surface area (Å²) in [6.45, 7) is 17.9. The number of esters is 1. The first-order valence-corrected chi connectivity index (χ1v) is 25.2. The van der Waals surface area contributed by atoms with Gasteiger partial charge in [-0.15, -0.1) is 0 Å². The van der Waals surface area contributed by atoms with Gasteiger partial charge in [0.15, 0.2) is 12.6 Å². The number of carbonyl (C=O) groups is 2. The monoisotopic (exact) mass is 1010 g/mol. The van der Waals surface area contributed by atoms with Gasteiger partial charge in [-0.25, -0.2) is 4.39 Å². The lowest BCUT2D eigenvalue weighted by molar-refractivity contribution is -0.316. The van der Waals surface area contributed by atoms with Crippen molar-refractivity contribution in [3.63, 3.8) is 0 Å². The molecule has 2 aliphatic heterocycles. The number of amides is 1. The first-order chi connectivity index (χ1) is 33.1. The van der Waals surface area contributed by atoms with Crippen molar-refractivity contribution in [1.29, 1.82) is 0 Å². The molecule has 2 aromatic rings. The number of ether oxygens (including phenoxy) is 6. The zero-order valence-corrected chi connectivity index (χ0v) is 44.9. The van der Waals surface area contributed by atoms with Crippen LogP contribution >= 0.6 is 0 Å². The number of aromatic nitrogens is 1. The smallest absolute Gasteiger partial charge is 0.311 e. The van der Waals surface area contributed by atoms with Crippen LogP contribution in [0.4, 0.5) is 4.39 Å². The number of rotatable bonds is 25. The van der Waals surface area contributed by atoms with E-state index in [-0.39, 0.29) is 31.7 Å². The second kappa shape index (κ2) is 25.8. The van der Waals surface area contributed by atoms with Crippen LogP contribution in [0.1, 0.15) is 106 Å². The van der Waals surface area contributed by atoms with Crippen molar-refractivity contribution >= 4 is 11.9 Å². The largest absolute Gasteiger partial charge is 0.459 e. The van der Waals surface area contributed by atoms with Crippen LogP contribution in [0, 0.1) is 18.8 Å². The zero-order chi connectivity index (χ0) is 53.3. The standard InChI is InChI=1S/C53H87FN4O13/c1-16-41(53(11,65)46(61)34(6)57(12)13)69-49(63)33(5)45(70-43-27-52(10,66-15)47(62)35(7)68-43)32(4)48(51(8,9)64)71-50-44(60)40(25-31(3)67-50)58(14)24-23-42(59)56-39(28-54)26-36-18-21-37(22-19-36)38-20-17-30(2)55-29-38/h17-22,29,31-35,39-41,43-48,50,60-62,64-65H,16,23-28H2,1-15H3,(H,56,59)/t31-,32+,33-,34-,35+,39+,40+,41-,43+,44-,45+,46-,47+,48-,50+,52-,53-/m1/s1. The van der Waals surface area contributed by atoms with Crippen molar-refractivity contribution in [2.24, 2.45) is 11.8 Å². The Morgan fingerprint density at radius 2 is 1.63 bits per heavy atom. The van der Waals surface area contributed by atoms with Gasteiger partial charge in [-0.3, -0.25) is 14.6 Å². The maximum atomic E-state index is 14.3. The Kier molecular flexibility index (Phi) is 21.9. The minimum absolute atomic E-state index is 0.0235. The summed E-state index contributed by atoms with van der Waals surface area (Å²) in [4.78, 5) is 35.5. The average molecular weight is 1010 g/mol. The summed E-state index contributed by atoms with van der Waals surface area (Å²) in [5.41, 5.74) is -0.827. The van der Waals surface area contributed by atoms with E-state index in [0.717, 1.165) is 22.4 Å². The molecule has 4 rings (SSSR count). The fourth-order valence-electron chi connectivity index (χ4n) is 9.90. The van der Waals surface area contributed by atoms with E-state index < -0.39 is 121 Å². The van der Waals surface area contributed by atoms with Crippen molar-refractivity contribution in [2.45, 2.75) is 205 Å². The number of aryl methyl sites for hydroxylation is 1. The molecule has 2 fully saturated rings. The summed E-state index contributed by atoms with van der Waals surface area (Å²) in [6, 6.07) is 9.89. The Morgan fingerprint density at radius 1 is 1.00 bits per heavy atom. The maximum absolute atomic E-state index is 14.3. The minimum Gasteiger partial charge on any atom is -0.459 e. The van der Waals surface area contributed by atoms with Crippen molar-refractivity contribution in [3.05, 3.63) is 53.9 Å². The Hall–Kier alpha value is -3.24. The second-order valence-corrected chi connectivity index (χ2v) is 21.5. The number of aliphatic hydroxyl groups is 5. The third kappa shape index (κ3) is 15.6. The summed E-state index contributed by atoms with van der Waals surface area (Å²) in [6.07, 6.45) is -7.72. The quantitative estimate of drug-likeness (QED) is 0.0762. The van der Waals surface area contributed by atoms with Gasteiger partial charge in [0, 0.05) is 62.0 Å². The molecule has 1 aromatic heterocycles. The van der Waals surface area contributed by atoms with Crippen LogP contribution < -0.4 is 5.32 Å². The van der Waals surface area contributed by atoms with Gasteiger partial charge in [0.25, 0.3) is 0 Å². The van der Waals surface area contributed by atoms with Crippen LogP contribution in [0.2, 0.25) is 0 Å². The molecule has 0 spiro atoms. The molecule has 17 atom stereocenters. The van der Waals surface area contributed by atoms with E-state index >= 15 is 0 Å². The molecule has 0 radical (unpaired) electrons. The molecule has 17 nitrogen and oxygen atoms in total. The van der Waals surface area contributed by atoms with Gasteiger partial charge < -0.3 is 69.1 Å². The highest BCUT2D eigenvalue weighted by atomic mass is 19.1. The highest BCUT2D eigenvalue weighted by molar-refractivity contribution is 5.76. The van der Waals surface area contributed by atoms with Gasteiger partial charge in [-0.2, -0.15) is 0 Å². The summed E-state index contributed by atoms with van der Waals surface area (Å²) in [5.74, 6) is -3.07. The number of hydrogen-bond acceptors (Lipinski definition) is 16. The summed E-state index contributed by atoms with van der Waals surface area (Å²) in [5, 5.41) is 60.5. The summed E-state index contributed by atoms with van der Waals surface area (Å²) < 4.78 is 51.7. The predicted octanol–water partition coefficient (Wildman–Crippen LogP) is 4.34. The molecule has 1 amide bonds. The molecule has 71 heavy (non-hydrogen) atoms. The van der Waals surface area contributed by atoms with Gasteiger partial charge in [0.1, 0.15) is 36.7 Å². The van der Waals surface area contributed by atoms with Gasteiger partial charge in [0.2, 0.25) is 5.91 Å². The van der Waals surface area contributed by atoms with Crippen molar-refractivity contribution in [2.75, 3.05) is 41.5 Å². The number of carbonyl (C=O) groups excluding carboxylic acids is 2. The van der Waals surface area contributed by atoms with Crippen LogP contribution in [0.3, 0.4) is 0 Å². The number of halogens is 1. The lowest BCUT2D eigenvalue weighted by Crippen LogP contribution is -2.60. The number of pyridine rings is 1. The van der Waals surface area contributed by atoms with E-state index in [0.29, 0.717) is 12.8 Å². The molecule has 0 saturated carbocycles. The van der Waals surface area contributed by atoms with Crippen LogP contribution in [0.5, 0.6) is 0 Å². The van der Waals surface area contributed by atoms with E-state index in [4.69, 9.17) is 28.4 Å². The maximum Gasteiger partial charge on any atom is 0.311 e. The molecule has 0 aliphatic carbocycles. The van der Waals surface area contributed by atoms with Crippen LogP contribution in [-0.4, -0.2) is 190 Å². The average Bonchev–Trinajstić information content (AvgIpc) is 3.32. The fraction of sp³-hybridized carbons (Fsp3) is 0.755. The van der Waals surface area contributed by atoms with E-state index in [1.165, 1.54) is 27.9 Å². The van der Waals surface area contributed by atoms with Crippen LogP contribution in [-0.2, 0) is 44.4 Å². The number of alkyl halides is 1. The minimum atomic E-state index is -1.85. The van der Waals surface area contributed by atoms with E-state index in [1.54, 1.807) is 67.6 Å².